The van der Waals surface area contributed by atoms with Gasteiger partial charge in [0.25, 0.3) is 0 Å². The summed E-state index contributed by atoms with van der Waals surface area (Å²) in [6, 6.07) is 12.6. The van der Waals surface area contributed by atoms with Crippen LogP contribution in [-0.4, -0.2) is 23.4 Å². The van der Waals surface area contributed by atoms with E-state index in [1.165, 1.54) is 6.07 Å². The molecule has 4 heteroatoms. The molecule has 0 aromatic heterocycles. The number of carboxylic acid groups (broad SMARTS) is 1. The molecule has 0 radical (unpaired) electrons. The normalized spacial score (nSPS) is 17.0. The predicted molar refractivity (Wildman–Crippen MR) is 80.1 cm³/mol. The Labute approximate surface area is 122 Å². The zero-order chi connectivity index (χ0) is 15.0. The van der Waals surface area contributed by atoms with Gasteiger partial charge in [-0.3, -0.25) is 4.79 Å². The SMILES string of the molecule is Cc1ccc(C2CNc3cccc(C(=O)O)c3C2=O)cc1. The summed E-state index contributed by atoms with van der Waals surface area (Å²) in [4.78, 5) is 24.1. The number of aromatic carboxylic acids is 1. The Balaban J connectivity index is 2.06. The summed E-state index contributed by atoms with van der Waals surface area (Å²) in [6.07, 6.45) is 0. The monoisotopic (exact) mass is 281 g/mol. The number of carbonyl (C=O) groups excluding carboxylic acids is 1. The van der Waals surface area contributed by atoms with Crippen LogP contribution in [0.3, 0.4) is 0 Å². The van der Waals surface area contributed by atoms with Crippen LogP contribution in [0.15, 0.2) is 42.5 Å². The average Bonchev–Trinajstić information content (AvgIpc) is 2.48. The summed E-state index contributed by atoms with van der Waals surface area (Å²) in [7, 11) is 0. The summed E-state index contributed by atoms with van der Waals surface area (Å²) in [6.45, 7) is 2.47. The number of carbonyl (C=O) groups is 2. The lowest BCUT2D eigenvalue weighted by Gasteiger charge is -2.26. The van der Waals surface area contributed by atoms with Gasteiger partial charge in [-0.2, -0.15) is 0 Å². The van der Waals surface area contributed by atoms with E-state index in [-0.39, 0.29) is 22.8 Å². The third kappa shape index (κ3) is 2.29. The maximum absolute atomic E-state index is 12.7. The third-order valence-electron chi connectivity index (χ3n) is 3.83. The summed E-state index contributed by atoms with van der Waals surface area (Å²) in [5.41, 5.74) is 2.97. The van der Waals surface area contributed by atoms with Gasteiger partial charge in [-0.05, 0) is 24.6 Å². The molecule has 0 amide bonds. The molecule has 0 saturated heterocycles. The van der Waals surface area contributed by atoms with Gasteiger partial charge in [0.05, 0.1) is 17.0 Å². The maximum Gasteiger partial charge on any atom is 0.336 e. The molecule has 0 aliphatic carbocycles. The Morgan fingerprint density at radius 2 is 1.90 bits per heavy atom. The Bertz CT molecular complexity index is 719. The van der Waals surface area contributed by atoms with E-state index < -0.39 is 5.97 Å². The molecule has 2 aromatic carbocycles. The zero-order valence-electron chi connectivity index (χ0n) is 11.6. The lowest BCUT2D eigenvalue weighted by Crippen LogP contribution is -2.29. The number of fused-ring (bicyclic) bond motifs is 1. The summed E-state index contributed by atoms with van der Waals surface area (Å²) < 4.78 is 0. The molecule has 21 heavy (non-hydrogen) atoms. The number of rotatable bonds is 2. The first-order valence-corrected chi connectivity index (χ1v) is 6.79. The fourth-order valence-corrected chi connectivity index (χ4v) is 2.69. The second-order valence-electron chi connectivity index (χ2n) is 5.24. The molecule has 4 nitrogen and oxygen atoms in total. The van der Waals surface area contributed by atoms with Crippen LogP contribution >= 0.6 is 0 Å². The number of anilines is 1. The molecular formula is C17H15NO3. The van der Waals surface area contributed by atoms with E-state index >= 15 is 0 Å². The second-order valence-corrected chi connectivity index (χ2v) is 5.24. The lowest BCUT2D eigenvalue weighted by atomic mass is 9.84. The van der Waals surface area contributed by atoms with E-state index in [0.717, 1.165) is 11.1 Å². The highest BCUT2D eigenvalue weighted by Crippen LogP contribution is 2.32. The van der Waals surface area contributed by atoms with E-state index in [1.807, 2.05) is 31.2 Å². The van der Waals surface area contributed by atoms with E-state index in [9.17, 15) is 14.7 Å². The van der Waals surface area contributed by atoms with Gasteiger partial charge in [-0.25, -0.2) is 4.79 Å². The summed E-state index contributed by atoms with van der Waals surface area (Å²) in [5.74, 6) is -1.56. The summed E-state index contributed by atoms with van der Waals surface area (Å²) in [5, 5.41) is 12.4. The minimum Gasteiger partial charge on any atom is -0.478 e. The van der Waals surface area contributed by atoms with Crippen molar-refractivity contribution in [1.29, 1.82) is 0 Å². The van der Waals surface area contributed by atoms with Crippen molar-refractivity contribution in [1.82, 2.24) is 0 Å². The lowest BCUT2D eigenvalue weighted by molar-refractivity contribution is 0.0691. The topological polar surface area (TPSA) is 66.4 Å². The molecule has 3 rings (SSSR count). The molecule has 106 valence electrons. The van der Waals surface area contributed by atoms with Crippen molar-refractivity contribution >= 4 is 17.4 Å². The van der Waals surface area contributed by atoms with Crippen LogP contribution in [-0.2, 0) is 0 Å². The number of hydrogen-bond acceptors (Lipinski definition) is 3. The van der Waals surface area contributed by atoms with Gasteiger partial charge in [0, 0.05) is 12.2 Å². The molecule has 1 aliphatic heterocycles. The van der Waals surface area contributed by atoms with Crippen LogP contribution in [0, 0.1) is 6.92 Å². The Morgan fingerprint density at radius 1 is 1.19 bits per heavy atom. The zero-order valence-corrected chi connectivity index (χ0v) is 11.6. The van der Waals surface area contributed by atoms with Gasteiger partial charge in [-0.15, -0.1) is 0 Å². The van der Waals surface area contributed by atoms with Crippen LogP contribution in [0.4, 0.5) is 5.69 Å². The smallest absolute Gasteiger partial charge is 0.336 e. The molecule has 0 spiro atoms. The van der Waals surface area contributed by atoms with Crippen molar-refractivity contribution in [2.24, 2.45) is 0 Å². The highest BCUT2D eigenvalue weighted by molar-refractivity contribution is 6.13. The van der Waals surface area contributed by atoms with Gasteiger partial charge in [-0.1, -0.05) is 35.9 Å². The average molecular weight is 281 g/mol. The van der Waals surface area contributed by atoms with Crippen molar-refractivity contribution in [3.05, 3.63) is 64.7 Å². The van der Waals surface area contributed by atoms with Crippen molar-refractivity contribution < 1.29 is 14.7 Å². The number of ketones is 1. The molecular weight excluding hydrogens is 266 g/mol. The van der Waals surface area contributed by atoms with Crippen LogP contribution in [0.5, 0.6) is 0 Å². The van der Waals surface area contributed by atoms with Crippen LogP contribution in [0.25, 0.3) is 0 Å². The molecule has 1 aliphatic rings. The van der Waals surface area contributed by atoms with Crippen LogP contribution in [0.1, 0.15) is 37.8 Å². The number of carboxylic acids is 1. The van der Waals surface area contributed by atoms with Crippen molar-refractivity contribution in [3.63, 3.8) is 0 Å². The fraction of sp³-hybridized carbons (Fsp3) is 0.176. The van der Waals surface area contributed by atoms with E-state index in [1.54, 1.807) is 12.1 Å². The highest BCUT2D eigenvalue weighted by Gasteiger charge is 2.32. The van der Waals surface area contributed by atoms with Gasteiger partial charge in [0.2, 0.25) is 0 Å². The van der Waals surface area contributed by atoms with Gasteiger partial charge in [0.1, 0.15) is 0 Å². The van der Waals surface area contributed by atoms with Crippen LogP contribution in [0.2, 0.25) is 0 Å². The first-order valence-electron chi connectivity index (χ1n) is 6.79. The molecule has 0 bridgehead atoms. The highest BCUT2D eigenvalue weighted by atomic mass is 16.4. The molecule has 1 unspecified atom stereocenters. The van der Waals surface area contributed by atoms with Crippen molar-refractivity contribution in [2.75, 3.05) is 11.9 Å². The second kappa shape index (κ2) is 5.05. The van der Waals surface area contributed by atoms with E-state index in [4.69, 9.17) is 0 Å². The quantitative estimate of drug-likeness (QED) is 0.887. The Kier molecular flexibility index (Phi) is 3.22. The molecule has 0 saturated carbocycles. The number of Topliss-reactive ketones (excluding diaryl/α,β-unsaturated/α-hetero) is 1. The van der Waals surface area contributed by atoms with E-state index in [0.29, 0.717) is 12.2 Å². The minimum absolute atomic E-state index is 0.0572. The minimum atomic E-state index is -1.08. The Hall–Kier alpha value is -2.62. The largest absolute Gasteiger partial charge is 0.478 e. The van der Waals surface area contributed by atoms with Gasteiger partial charge < -0.3 is 10.4 Å². The standard InChI is InChI=1S/C17H15NO3/c1-10-5-7-11(8-6-10)13-9-18-14-4-2-3-12(17(20)21)15(14)16(13)19/h2-8,13,18H,9H2,1H3,(H,20,21). The van der Waals surface area contributed by atoms with E-state index in [2.05, 4.69) is 5.32 Å². The number of aryl methyl sites for hydroxylation is 1. The molecule has 2 aromatic rings. The first kappa shape index (κ1) is 13.4. The van der Waals surface area contributed by atoms with Crippen molar-refractivity contribution in [2.45, 2.75) is 12.8 Å². The maximum atomic E-state index is 12.7. The molecule has 1 atom stereocenters. The predicted octanol–water partition coefficient (Wildman–Crippen LogP) is 3.09. The molecule has 1 heterocycles. The molecule has 2 N–H and O–H groups in total. The fourth-order valence-electron chi connectivity index (χ4n) is 2.69. The molecule has 0 fully saturated rings. The van der Waals surface area contributed by atoms with Crippen LogP contribution < -0.4 is 5.32 Å². The number of nitrogens with one attached hydrogen (secondary N) is 1. The summed E-state index contributed by atoms with van der Waals surface area (Å²) >= 11 is 0. The van der Waals surface area contributed by atoms with Crippen molar-refractivity contribution in [3.8, 4) is 0 Å². The van der Waals surface area contributed by atoms with Gasteiger partial charge in [0.15, 0.2) is 5.78 Å². The third-order valence-corrected chi connectivity index (χ3v) is 3.83. The Morgan fingerprint density at radius 3 is 2.57 bits per heavy atom. The van der Waals surface area contributed by atoms with Gasteiger partial charge >= 0.3 is 5.97 Å². The number of hydrogen-bond donors (Lipinski definition) is 2. The number of benzene rings is 2. The first-order chi connectivity index (χ1) is 10.1.